The van der Waals surface area contributed by atoms with Crippen molar-refractivity contribution in [3.8, 4) is 5.69 Å². The van der Waals surface area contributed by atoms with Crippen LogP contribution in [0.5, 0.6) is 0 Å². The smallest absolute Gasteiger partial charge is 0.159 e. The molecule has 278 valence electrons. The molecule has 1 N–H and O–H groups in total. The van der Waals surface area contributed by atoms with Gasteiger partial charge in [0.25, 0.3) is 0 Å². The first kappa shape index (κ1) is 33.1. The summed E-state index contributed by atoms with van der Waals surface area (Å²) < 4.78 is 7.60. The average molecular weight is 791 g/mol. The number of aromatic nitrogens is 1. The van der Waals surface area contributed by atoms with Crippen molar-refractivity contribution >= 4 is 108 Å². The number of rotatable bonds is 4. The Balaban J connectivity index is 0.960. The van der Waals surface area contributed by atoms with E-state index in [2.05, 4.69) is 186 Å². The fourth-order valence-corrected chi connectivity index (χ4v) is 11.8. The number of benzene rings is 7. The zero-order valence-corrected chi connectivity index (χ0v) is 33.4. The van der Waals surface area contributed by atoms with Crippen molar-refractivity contribution in [2.75, 3.05) is 0 Å². The Morgan fingerprint density at radius 2 is 1.31 bits per heavy atom. The quantitative estimate of drug-likeness (QED) is 0.190. The predicted molar refractivity (Wildman–Crippen MR) is 252 cm³/mol. The second kappa shape index (κ2) is 12.8. The van der Waals surface area contributed by atoms with Crippen LogP contribution in [0.2, 0.25) is 0 Å². The monoisotopic (exact) mass is 790 g/mol. The van der Waals surface area contributed by atoms with Gasteiger partial charge >= 0.3 is 0 Å². The van der Waals surface area contributed by atoms with E-state index in [4.69, 9.17) is 9.98 Å². The van der Waals surface area contributed by atoms with Crippen LogP contribution >= 0.6 is 22.7 Å². The number of amidine groups is 2. The SMILES string of the molecule is C1=CC2=c3c(n(-c4ccc(C5=NC(c6ccc7sc8ccccc8c7c6)=NC(c6ccc7sc8ccccc8c7c6)N5)cc4)c4ccc5ccccc5c34)=CCC2C=C1. The molecule has 0 amide bonds. The molecule has 59 heavy (non-hydrogen) atoms. The van der Waals surface area contributed by atoms with Crippen LogP contribution in [0.25, 0.3) is 79.4 Å². The van der Waals surface area contributed by atoms with Crippen LogP contribution in [0.1, 0.15) is 29.3 Å². The number of hydrogen-bond acceptors (Lipinski definition) is 5. The summed E-state index contributed by atoms with van der Waals surface area (Å²) in [6.07, 6.45) is 12.2. The Morgan fingerprint density at radius 1 is 0.610 bits per heavy atom. The lowest BCUT2D eigenvalue weighted by molar-refractivity contribution is 0.675. The van der Waals surface area contributed by atoms with E-state index in [1.165, 1.54) is 78.2 Å². The highest BCUT2D eigenvalue weighted by atomic mass is 32.1. The zero-order valence-electron chi connectivity index (χ0n) is 31.8. The normalized spacial score (nSPS) is 17.4. The molecule has 4 heterocycles. The molecule has 13 rings (SSSR count). The average Bonchev–Trinajstić information content (AvgIpc) is 3.98. The summed E-state index contributed by atoms with van der Waals surface area (Å²) in [7, 11) is 0. The molecule has 1 aliphatic heterocycles. The summed E-state index contributed by atoms with van der Waals surface area (Å²) in [6, 6.07) is 53.1. The molecule has 4 nitrogen and oxygen atoms in total. The van der Waals surface area contributed by atoms with Gasteiger partial charge < -0.3 is 9.88 Å². The molecule has 0 saturated heterocycles. The minimum atomic E-state index is -0.319. The van der Waals surface area contributed by atoms with Gasteiger partial charge in [0, 0.05) is 73.7 Å². The first-order chi connectivity index (χ1) is 29.2. The highest BCUT2D eigenvalue weighted by molar-refractivity contribution is 7.26. The van der Waals surface area contributed by atoms with Crippen LogP contribution in [0.3, 0.4) is 0 Å². The molecule has 3 aliphatic rings. The van der Waals surface area contributed by atoms with Gasteiger partial charge in [-0.1, -0.05) is 103 Å². The molecule has 10 aromatic rings. The van der Waals surface area contributed by atoms with Gasteiger partial charge in [-0.2, -0.15) is 0 Å². The van der Waals surface area contributed by atoms with Gasteiger partial charge in [0.2, 0.25) is 0 Å². The van der Waals surface area contributed by atoms with Crippen LogP contribution in [-0.2, 0) is 0 Å². The van der Waals surface area contributed by atoms with Crippen molar-refractivity contribution in [1.82, 2.24) is 9.88 Å². The lowest BCUT2D eigenvalue weighted by Gasteiger charge is -2.24. The first-order valence-electron chi connectivity index (χ1n) is 20.2. The van der Waals surface area contributed by atoms with E-state index in [1.54, 1.807) is 0 Å². The van der Waals surface area contributed by atoms with Crippen molar-refractivity contribution in [2.24, 2.45) is 15.9 Å². The third-order valence-corrected chi connectivity index (χ3v) is 14.7. The van der Waals surface area contributed by atoms with E-state index in [0.29, 0.717) is 5.92 Å². The van der Waals surface area contributed by atoms with Gasteiger partial charge in [0.05, 0.1) is 10.9 Å². The third kappa shape index (κ3) is 5.13. The molecular weight excluding hydrogens is 757 g/mol. The highest BCUT2D eigenvalue weighted by Gasteiger charge is 2.25. The van der Waals surface area contributed by atoms with Crippen LogP contribution in [0, 0.1) is 5.92 Å². The van der Waals surface area contributed by atoms with E-state index in [0.717, 1.165) is 40.5 Å². The minimum Gasteiger partial charge on any atom is -0.344 e. The summed E-state index contributed by atoms with van der Waals surface area (Å²) in [5, 5.41) is 15.3. The topological polar surface area (TPSA) is 41.7 Å². The lowest BCUT2D eigenvalue weighted by Crippen LogP contribution is -2.35. The van der Waals surface area contributed by atoms with Gasteiger partial charge in [-0.25, -0.2) is 9.98 Å². The standard InChI is InChI=1S/C53H34N4S2/c1-3-11-37-31(9-1)19-25-43-49(37)50-38-12-4-2-10-32(38)20-26-44(50)57(43)36-23-17-33(18-24-36)51-54-52(34-21-27-47-41(29-34)39-13-5-7-15-45(39)58-47)56-53(55-51)35-22-28-48-42(30-35)40-14-6-8-16-46(40)59-48/h1-19,21-30,32,52H,20H2,(H,54,55,56). The van der Waals surface area contributed by atoms with E-state index >= 15 is 0 Å². The van der Waals surface area contributed by atoms with Crippen molar-refractivity contribution in [2.45, 2.75) is 12.6 Å². The van der Waals surface area contributed by atoms with Crippen molar-refractivity contribution < 1.29 is 0 Å². The number of hydrogen-bond donors (Lipinski definition) is 1. The maximum Gasteiger partial charge on any atom is 0.159 e. The molecule has 0 saturated carbocycles. The summed E-state index contributed by atoms with van der Waals surface area (Å²) in [4.78, 5) is 10.6. The van der Waals surface area contributed by atoms with Gasteiger partial charge in [-0.15, -0.1) is 22.7 Å². The summed E-state index contributed by atoms with van der Waals surface area (Å²) in [6.45, 7) is 0. The molecule has 0 bridgehead atoms. The van der Waals surface area contributed by atoms with E-state index in [9.17, 15) is 0 Å². The van der Waals surface area contributed by atoms with Gasteiger partial charge in [0.1, 0.15) is 12.0 Å². The Morgan fingerprint density at radius 3 is 2.12 bits per heavy atom. The highest BCUT2D eigenvalue weighted by Crippen LogP contribution is 2.38. The molecule has 0 spiro atoms. The summed E-state index contributed by atoms with van der Waals surface area (Å²) in [5.74, 6) is 1.94. The van der Waals surface area contributed by atoms with Crippen molar-refractivity contribution in [3.05, 3.63) is 197 Å². The second-order valence-corrected chi connectivity index (χ2v) is 17.9. The maximum absolute atomic E-state index is 5.34. The molecule has 0 fully saturated rings. The molecule has 2 aliphatic carbocycles. The number of aliphatic imine (C=N–C) groups is 2. The number of nitrogens with one attached hydrogen (secondary N) is 1. The molecule has 3 aromatic heterocycles. The largest absolute Gasteiger partial charge is 0.344 e. The lowest BCUT2D eigenvalue weighted by atomic mass is 9.86. The molecule has 2 unspecified atom stereocenters. The van der Waals surface area contributed by atoms with Crippen molar-refractivity contribution in [1.29, 1.82) is 0 Å². The van der Waals surface area contributed by atoms with Gasteiger partial charge in [-0.05, 0) is 101 Å². The Kier molecular flexibility index (Phi) is 7.20. The van der Waals surface area contributed by atoms with Crippen LogP contribution in [-0.4, -0.2) is 16.2 Å². The molecule has 6 heteroatoms. The van der Waals surface area contributed by atoms with Crippen LogP contribution in [0.4, 0.5) is 0 Å². The number of fused-ring (bicyclic) bond motifs is 12. The third-order valence-electron chi connectivity index (χ3n) is 12.4. The fourth-order valence-electron chi connectivity index (χ4n) is 9.58. The van der Waals surface area contributed by atoms with Gasteiger partial charge in [-0.3, -0.25) is 0 Å². The molecule has 7 aromatic carbocycles. The van der Waals surface area contributed by atoms with Crippen LogP contribution < -0.4 is 15.9 Å². The van der Waals surface area contributed by atoms with Crippen molar-refractivity contribution in [3.63, 3.8) is 0 Å². The first-order valence-corrected chi connectivity index (χ1v) is 21.8. The zero-order chi connectivity index (χ0) is 38.6. The van der Waals surface area contributed by atoms with Crippen LogP contribution in [0.15, 0.2) is 180 Å². The molecular formula is C53H34N4S2. The maximum atomic E-state index is 5.34. The fraction of sp³-hybridized carbons (Fsp3) is 0.0566. The Labute approximate surface area is 347 Å². The second-order valence-electron chi connectivity index (χ2n) is 15.7. The summed E-state index contributed by atoms with van der Waals surface area (Å²) in [5.41, 5.74) is 6.91. The minimum absolute atomic E-state index is 0.319. The Bertz CT molecular complexity index is 3690. The number of thiophene rings is 2. The Hall–Kier alpha value is -6.86. The summed E-state index contributed by atoms with van der Waals surface area (Å²) >= 11 is 3.67. The van der Waals surface area contributed by atoms with E-state index in [1.807, 2.05) is 22.7 Å². The molecule has 2 atom stereocenters. The number of nitrogens with zero attached hydrogens (tertiary/aromatic N) is 3. The van der Waals surface area contributed by atoms with E-state index in [-0.39, 0.29) is 6.17 Å². The number of allylic oxidation sites excluding steroid dienone is 4. The van der Waals surface area contributed by atoms with E-state index < -0.39 is 0 Å². The predicted octanol–water partition coefficient (Wildman–Crippen LogP) is 12.1. The molecule has 0 radical (unpaired) electrons. The van der Waals surface area contributed by atoms with Gasteiger partial charge in [0.15, 0.2) is 5.84 Å².